The lowest BCUT2D eigenvalue weighted by molar-refractivity contribution is 0.122. The summed E-state index contributed by atoms with van der Waals surface area (Å²) in [6, 6.07) is 11.3. The number of morpholine rings is 1. The summed E-state index contributed by atoms with van der Waals surface area (Å²) in [5.74, 6) is 1.57. The third-order valence-corrected chi connectivity index (χ3v) is 9.17. The fourth-order valence-electron chi connectivity index (χ4n) is 5.06. The van der Waals surface area contributed by atoms with E-state index in [1.165, 1.54) is 10.2 Å². The number of hydrogen-bond acceptors (Lipinski definition) is 9. The molecule has 0 unspecified atom stereocenters. The van der Waals surface area contributed by atoms with E-state index in [0.717, 1.165) is 43.1 Å². The Hall–Kier alpha value is -3.80. The minimum absolute atomic E-state index is 0.0702. The SMILES string of the molecule is CCS(=O)(=O)n1cc2c3ccc(cc31)OC/C=C\CCCOc1cc(ccc1N1CCOCC1)Nc1ncc(Cl)c-2n1. The first kappa shape index (κ1) is 28.3. The van der Waals surface area contributed by atoms with Crippen LogP contribution in [0.15, 0.2) is 60.9 Å². The number of anilines is 3. The molecule has 3 aliphatic heterocycles. The van der Waals surface area contributed by atoms with Crippen molar-refractivity contribution in [3.05, 3.63) is 66.0 Å². The van der Waals surface area contributed by atoms with E-state index in [0.29, 0.717) is 65.3 Å². The molecule has 4 aromatic rings. The van der Waals surface area contributed by atoms with Gasteiger partial charge in [-0.15, -0.1) is 0 Å². The average molecular weight is 610 g/mol. The highest BCUT2D eigenvalue weighted by Gasteiger charge is 2.22. The van der Waals surface area contributed by atoms with E-state index in [2.05, 4.69) is 21.3 Å². The summed E-state index contributed by atoms with van der Waals surface area (Å²) in [5.41, 5.74) is 3.24. The van der Waals surface area contributed by atoms with Crippen LogP contribution >= 0.6 is 11.6 Å². The van der Waals surface area contributed by atoms with Gasteiger partial charge in [0.15, 0.2) is 0 Å². The van der Waals surface area contributed by atoms with Crippen LogP contribution in [0, 0.1) is 0 Å². The van der Waals surface area contributed by atoms with E-state index in [1.54, 1.807) is 19.2 Å². The molecule has 5 heterocycles. The van der Waals surface area contributed by atoms with Gasteiger partial charge in [-0.25, -0.2) is 22.4 Å². The van der Waals surface area contributed by atoms with Crippen LogP contribution in [0.1, 0.15) is 19.8 Å². The highest BCUT2D eigenvalue weighted by molar-refractivity contribution is 7.90. The molecule has 12 heteroatoms. The maximum absolute atomic E-state index is 13.1. The van der Waals surface area contributed by atoms with Crippen molar-refractivity contribution >= 4 is 49.9 Å². The molecule has 7 rings (SSSR count). The fraction of sp³-hybridized carbons (Fsp3) is 0.333. The molecule has 8 bridgehead atoms. The first-order valence-electron chi connectivity index (χ1n) is 14.0. The van der Waals surface area contributed by atoms with Crippen LogP contribution in [0.5, 0.6) is 11.5 Å². The van der Waals surface area contributed by atoms with Gasteiger partial charge in [0, 0.05) is 48.1 Å². The number of nitrogens with zero attached hydrogens (tertiary/aromatic N) is 4. The van der Waals surface area contributed by atoms with Crippen molar-refractivity contribution < 1.29 is 22.6 Å². The summed E-state index contributed by atoms with van der Waals surface area (Å²) in [7, 11) is -3.62. The number of ether oxygens (including phenoxy) is 3. The van der Waals surface area contributed by atoms with E-state index < -0.39 is 10.0 Å². The Morgan fingerprint density at radius 1 is 1.05 bits per heavy atom. The lowest BCUT2D eigenvalue weighted by atomic mass is 10.1. The Morgan fingerprint density at radius 3 is 2.74 bits per heavy atom. The zero-order chi connectivity index (χ0) is 29.1. The molecule has 2 aromatic heterocycles. The standard InChI is InChI=1S/C30H32ClN5O5S/c1-2-42(37,38)36-20-24-23-9-8-22(18-27(23)36)40-13-5-3-4-6-14-41-28-17-21(33-30-32-19-25(31)29(24)34-30)7-10-26(28)35-11-15-39-16-12-35/h3,5,7-10,17-20H,2,4,6,11-16H2,1H3,(H,32,33,34)/b5-3-. The molecule has 42 heavy (non-hydrogen) atoms. The third kappa shape index (κ3) is 5.90. The predicted octanol–water partition coefficient (Wildman–Crippen LogP) is 5.64. The summed E-state index contributed by atoms with van der Waals surface area (Å²) >= 11 is 6.61. The number of benzene rings is 2. The highest BCUT2D eigenvalue weighted by atomic mass is 35.5. The monoisotopic (exact) mass is 609 g/mol. The highest BCUT2D eigenvalue weighted by Crippen LogP contribution is 2.38. The summed E-state index contributed by atoms with van der Waals surface area (Å²) in [4.78, 5) is 11.4. The van der Waals surface area contributed by atoms with Gasteiger partial charge in [-0.3, -0.25) is 0 Å². The maximum atomic E-state index is 13.1. The molecule has 0 aliphatic carbocycles. The van der Waals surface area contributed by atoms with Crippen molar-refractivity contribution in [1.29, 1.82) is 0 Å². The van der Waals surface area contributed by atoms with Gasteiger partial charge in [-0.2, -0.15) is 0 Å². The van der Waals surface area contributed by atoms with E-state index >= 15 is 0 Å². The number of nitrogens with one attached hydrogen (secondary N) is 1. The van der Waals surface area contributed by atoms with Crippen LogP contribution < -0.4 is 19.7 Å². The number of hydrogen-bond donors (Lipinski definition) is 1. The molecule has 3 aliphatic rings. The fourth-order valence-corrected chi connectivity index (χ4v) is 6.25. The number of allylic oxidation sites excluding steroid dienone is 1. The van der Waals surface area contributed by atoms with E-state index in [4.69, 9.17) is 30.8 Å². The van der Waals surface area contributed by atoms with Gasteiger partial charge >= 0.3 is 0 Å². The minimum atomic E-state index is -3.62. The molecule has 0 amide bonds. The number of aromatic nitrogens is 3. The first-order valence-corrected chi connectivity index (χ1v) is 16.0. The molecule has 1 fully saturated rings. The Balaban J connectivity index is 1.45. The quantitative estimate of drug-likeness (QED) is 0.295. The molecule has 1 saturated heterocycles. The van der Waals surface area contributed by atoms with E-state index in [1.807, 2.05) is 36.4 Å². The summed E-state index contributed by atoms with van der Waals surface area (Å²) in [6.45, 7) is 5.44. The van der Waals surface area contributed by atoms with Crippen molar-refractivity contribution in [3.8, 4) is 22.8 Å². The smallest absolute Gasteiger partial charge is 0.238 e. The second-order valence-corrected chi connectivity index (χ2v) is 12.5. The van der Waals surface area contributed by atoms with Crippen LogP contribution in [0.25, 0.3) is 22.2 Å². The molecule has 0 atom stereocenters. The predicted molar refractivity (Wildman–Crippen MR) is 165 cm³/mol. The Morgan fingerprint density at radius 2 is 1.90 bits per heavy atom. The Labute approximate surface area is 249 Å². The molecule has 0 spiro atoms. The van der Waals surface area contributed by atoms with Crippen LogP contribution in [-0.4, -0.2) is 67.6 Å². The van der Waals surface area contributed by atoms with Gasteiger partial charge in [0.25, 0.3) is 0 Å². The largest absolute Gasteiger partial charge is 0.491 e. The summed E-state index contributed by atoms with van der Waals surface area (Å²) in [6.07, 6.45) is 8.76. The second kappa shape index (κ2) is 12.2. The summed E-state index contributed by atoms with van der Waals surface area (Å²) < 4.78 is 45.2. The zero-order valence-corrected chi connectivity index (χ0v) is 24.8. The van der Waals surface area contributed by atoms with Crippen molar-refractivity contribution in [2.45, 2.75) is 19.8 Å². The second-order valence-electron chi connectivity index (χ2n) is 9.99. The van der Waals surface area contributed by atoms with Gasteiger partial charge in [0.1, 0.15) is 18.1 Å². The Bertz CT molecular complexity index is 1730. The van der Waals surface area contributed by atoms with Crippen LogP contribution in [0.4, 0.5) is 17.3 Å². The Kier molecular flexibility index (Phi) is 8.23. The van der Waals surface area contributed by atoms with Gasteiger partial charge in [0.05, 0.1) is 53.7 Å². The van der Waals surface area contributed by atoms with Gasteiger partial charge in [0.2, 0.25) is 16.0 Å². The van der Waals surface area contributed by atoms with Crippen molar-refractivity contribution in [1.82, 2.24) is 13.9 Å². The number of halogens is 1. The third-order valence-electron chi connectivity index (χ3n) is 7.26. The maximum Gasteiger partial charge on any atom is 0.238 e. The van der Waals surface area contributed by atoms with E-state index in [-0.39, 0.29) is 5.75 Å². The first-order chi connectivity index (χ1) is 20.4. The molecular weight excluding hydrogens is 578 g/mol. The van der Waals surface area contributed by atoms with Crippen LogP contribution in [-0.2, 0) is 14.8 Å². The summed E-state index contributed by atoms with van der Waals surface area (Å²) in [5, 5.41) is 4.26. The van der Waals surface area contributed by atoms with Gasteiger partial charge in [-0.05, 0) is 44.0 Å². The molecule has 0 saturated carbocycles. The van der Waals surface area contributed by atoms with Gasteiger partial charge < -0.3 is 24.4 Å². The van der Waals surface area contributed by atoms with Crippen LogP contribution in [0.3, 0.4) is 0 Å². The van der Waals surface area contributed by atoms with Crippen molar-refractivity contribution in [2.75, 3.05) is 55.5 Å². The molecular formula is C30H32ClN5O5S. The number of fused-ring (bicyclic) bond motifs is 7. The molecule has 220 valence electrons. The topological polar surface area (TPSA) is 108 Å². The lowest BCUT2D eigenvalue weighted by Gasteiger charge is -2.30. The van der Waals surface area contributed by atoms with Gasteiger partial charge in [-0.1, -0.05) is 23.8 Å². The molecule has 0 radical (unpaired) electrons. The van der Waals surface area contributed by atoms with Crippen molar-refractivity contribution in [2.24, 2.45) is 0 Å². The lowest BCUT2D eigenvalue weighted by Crippen LogP contribution is -2.36. The molecule has 10 nitrogen and oxygen atoms in total. The zero-order valence-electron chi connectivity index (χ0n) is 23.3. The normalized spacial score (nSPS) is 17.0. The van der Waals surface area contributed by atoms with E-state index in [9.17, 15) is 8.42 Å². The minimum Gasteiger partial charge on any atom is -0.491 e. The average Bonchev–Trinajstić information content (AvgIpc) is 3.39. The van der Waals surface area contributed by atoms with Crippen molar-refractivity contribution in [3.63, 3.8) is 0 Å². The molecule has 1 N–H and O–H groups in total. The molecule has 2 aromatic carbocycles. The van der Waals surface area contributed by atoms with Crippen LogP contribution in [0.2, 0.25) is 5.02 Å². The number of rotatable bonds is 3.